The van der Waals surface area contributed by atoms with Gasteiger partial charge in [0.1, 0.15) is 0 Å². The largest absolute Gasteiger partial charge is 0.306 e. The average molecular weight is 344 g/mol. The molecule has 0 spiro atoms. The Morgan fingerprint density at radius 3 is 1.39 bits per heavy atom. The fourth-order valence-corrected chi connectivity index (χ4v) is 4.69. The number of nitrogens with zero attached hydrogens (tertiary/aromatic N) is 1. The molecule has 0 aromatic rings. The van der Waals surface area contributed by atoms with E-state index >= 15 is 0 Å². The first kappa shape index (κ1) is 21.3. The van der Waals surface area contributed by atoms with Crippen LogP contribution in [0.2, 0.25) is 0 Å². The van der Waals surface area contributed by atoms with E-state index in [1.807, 2.05) is 0 Å². The van der Waals surface area contributed by atoms with Gasteiger partial charge in [-0.15, -0.1) is 12.4 Å². The summed E-state index contributed by atoms with van der Waals surface area (Å²) >= 11 is 0. The second-order valence-electron chi connectivity index (χ2n) is 8.30. The first-order valence-electron chi connectivity index (χ1n) is 10.5. The Kier molecular flexibility index (Phi) is 12.5. The fraction of sp³-hybridized carbons (Fsp3) is 1.00. The minimum absolute atomic E-state index is 0. The average Bonchev–Trinajstić information content (AvgIpc) is 2.57. The van der Waals surface area contributed by atoms with E-state index in [9.17, 15) is 0 Å². The molecule has 0 radical (unpaired) electrons. The van der Waals surface area contributed by atoms with Gasteiger partial charge in [-0.05, 0) is 44.8 Å². The maximum absolute atomic E-state index is 2.59. The molecule has 0 aliphatic heterocycles. The Bertz CT molecular complexity index is 231. The van der Waals surface area contributed by atoms with Crippen molar-refractivity contribution < 1.29 is 0 Å². The zero-order valence-corrected chi connectivity index (χ0v) is 16.6. The van der Waals surface area contributed by atoms with Crippen LogP contribution in [0.15, 0.2) is 0 Å². The summed E-state index contributed by atoms with van der Waals surface area (Å²) in [5.74, 6) is 2.16. The number of unbranched alkanes of at least 4 members (excludes halogenated alkanes) is 2. The third-order valence-corrected chi connectivity index (χ3v) is 6.25. The lowest BCUT2D eigenvalue weighted by Gasteiger charge is -2.23. The van der Waals surface area contributed by atoms with Gasteiger partial charge in [-0.3, -0.25) is 0 Å². The molecule has 2 saturated carbocycles. The van der Waals surface area contributed by atoms with Crippen molar-refractivity contribution in [2.75, 3.05) is 20.1 Å². The van der Waals surface area contributed by atoms with Crippen molar-refractivity contribution >= 4 is 12.4 Å². The van der Waals surface area contributed by atoms with Gasteiger partial charge in [0.05, 0.1) is 0 Å². The molecule has 2 aliphatic carbocycles. The highest BCUT2D eigenvalue weighted by Crippen LogP contribution is 2.28. The number of hydrogen-bond acceptors (Lipinski definition) is 1. The Morgan fingerprint density at radius 2 is 1.00 bits per heavy atom. The maximum atomic E-state index is 2.59. The van der Waals surface area contributed by atoms with Gasteiger partial charge in [-0.25, -0.2) is 0 Å². The van der Waals surface area contributed by atoms with Crippen LogP contribution < -0.4 is 0 Å². The van der Waals surface area contributed by atoms with Crippen LogP contribution in [0.4, 0.5) is 0 Å². The van der Waals surface area contributed by atoms with Crippen molar-refractivity contribution in [3.05, 3.63) is 0 Å². The molecule has 0 unspecified atom stereocenters. The molecule has 2 heteroatoms. The fourth-order valence-electron chi connectivity index (χ4n) is 4.69. The van der Waals surface area contributed by atoms with Crippen molar-refractivity contribution in [2.45, 2.75) is 103 Å². The Hall–Kier alpha value is 0.250. The lowest BCUT2D eigenvalue weighted by atomic mass is 9.85. The summed E-state index contributed by atoms with van der Waals surface area (Å²) in [6.45, 7) is 2.66. The topological polar surface area (TPSA) is 3.24 Å². The highest BCUT2D eigenvalue weighted by Gasteiger charge is 2.13. The van der Waals surface area contributed by atoms with E-state index < -0.39 is 0 Å². The second-order valence-corrected chi connectivity index (χ2v) is 8.30. The molecule has 23 heavy (non-hydrogen) atoms. The third kappa shape index (κ3) is 9.97. The molecule has 2 fully saturated rings. The molecule has 0 aromatic carbocycles. The Balaban J connectivity index is 0.00000264. The summed E-state index contributed by atoms with van der Waals surface area (Å²) in [5, 5.41) is 0. The van der Waals surface area contributed by atoms with Gasteiger partial charge in [0.2, 0.25) is 0 Å². The smallest absolute Gasteiger partial charge is 0.00218 e. The van der Waals surface area contributed by atoms with Crippen molar-refractivity contribution in [1.29, 1.82) is 0 Å². The van der Waals surface area contributed by atoms with Crippen LogP contribution in [-0.4, -0.2) is 25.0 Å². The zero-order valence-electron chi connectivity index (χ0n) is 15.7. The van der Waals surface area contributed by atoms with Gasteiger partial charge < -0.3 is 4.90 Å². The first-order valence-corrected chi connectivity index (χ1v) is 10.5. The minimum Gasteiger partial charge on any atom is -0.306 e. The molecular formula is C21H42ClN. The quantitative estimate of drug-likeness (QED) is 0.392. The van der Waals surface area contributed by atoms with Crippen molar-refractivity contribution in [3.63, 3.8) is 0 Å². The number of halogens is 1. The Labute approximate surface area is 152 Å². The number of rotatable bonds is 10. The Morgan fingerprint density at radius 1 is 0.609 bits per heavy atom. The van der Waals surface area contributed by atoms with Crippen LogP contribution in [0.5, 0.6) is 0 Å². The van der Waals surface area contributed by atoms with E-state index in [0.29, 0.717) is 0 Å². The standard InChI is InChI=1S/C21H41N.ClH/c1-22(18-10-8-16-20-12-4-2-5-13-20)19-11-9-17-21-14-6-3-7-15-21;/h20-21H,2-19H2,1H3;1H. The van der Waals surface area contributed by atoms with E-state index in [0.717, 1.165) is 11.8 Å². The summed E-state index contributed by atoms with van der Waals surface area (Å²) in [5.41, 5.74) is 0. The normalized spacial score (nSPS) is 20.6. The predicted octanol–water partition coefficient (Wildman–Crippen LogP) is 6.84. The minimum atomic E-state index is 0. The molecule has 0 bridgehead atoms. The van der Waals surface area contributed by atoms with Crippen LogP contribution in [0.3, 0.4) is 0 Å². The molecular weight excluding hydrogens is 302 g/mol. The van der Waals surface area contributed by atoms with Crippen LogP contribution in [0, 0.1) is 11.8 Å². The van der Waals surface area contributed by atoms with Crippen LogP contribution >= 0.6 is 12.4 Å². The lowest BCUT2D eigenvalue weighted by Crippen LogP contribution is -2.21. The zero-order chi connectivity index (χ0) is 15.5. The molecule has 1 nitrogen and oxygen atoms in total. The van der Waals surface area contributed by atoms with Crippen LogP contribution in [0.25, 0.3) is 0 Å². The highest BCUT2D eigenvalue weighted by molar-refractivity contribution is 5.85. The van der Waals surface area contributed by atoms with Crippen molar-refractivity contribution in [3.8, 4) is 0 Å². The predicted molar refractivity (Wildman–Crippen MR) is 106 cm³/mol. The van der Waals surface area contributed by atoms with E-state index in [4.69, 9.17) is 0 Å². The summed E-state index contributed by atoms with van der Waals surface area (Å²) in [6.07, 6.45) is 23.9. The molecule has 2 rings (SSSR count). The second kappa shape index (κ2) is 13.5. The molecule has 0 amide bonds. The first-order chi connectivity index (χ1) is 10.8. The summed E-state index contributed by atoms with van der Waals surface area (Å²) in [6, 6.07) is 0. The van der Waals surface area contributed by atoms with Gasteiger partial charge >= 0.3 is 0 Å². The molecule has 0 aromatic heterocycles. The van der Waals surface area contributed by atoms with Gasteiger partial charge in [0.25, 0.3) is 0 Å². The molecule has 0 N–H and O–H groups in total. The SMILES string of the molecule is CN(CCCCC1CCCCC1)CCCCC1CCCCC1.Cl. The van der Waals surface area contributed by atoms with E-state index in [-0.39, 0.29) is 12.4 Å². The van der Waals surface area contributed by atoms with Gasteiger partial charge in [0, 0.05) is 0 Å². The molecule has 138 valence electrons. The summed E-state index contributed by atoms with van der Waals surface area (Å²) in [7, 11) is 2.33. The molecule has 2 aliphatic rings. The summed E-state index contributed by atoms with van der Waals surface area (Å²) in [4.78, 5) is 2.59. The van der Waals surface area contributed by atoms with Gasteiger partial charge in [-0.1, -0.05) is 89.9 Å². The molecule has 0 atom stereocenters. The number of hydrogen-bond donors (Lipinski definition) is 0. The van der Waals surface area contributed by atoms with Gasteiger partial charge in [0.15, 0.2) is 0 Å². The third-order valence-electron chi connectivity index (χ3n) is 6.25. The molecule has 0 heterocycles. The van der Waals surface area contributed by atoms with Crippen molar-refractivity contribution in [1.82, 2.24) is 4.90 Å². The summed E-state index contributed by atoms with van der Waals surface area (Å²) < 4.78 is 0. The maximum Gasteiger partial charge on any atom is -0.00218 e. The molecule has 0 saturated heterocycles. The van der Waals surface area contributed by atoms with Crippen molar-refractivity contribution in [2.24, 2.45) is 11.8 Å². The van der Waals surface area contributed by atoms with E-state index in [1.165, 1.54) is 116 Å². The van der Waals surface area contributed by atoms with E-state index in [2.05, 4.69) is 11.9 Å². The highest BCUT2D eigenvalue weighted by atomic mass is 35.5. The van der Waals surface area contributed by atoms with Gasteiger partial charge in [-0.2, -0.15) is 0 Å². The lowest BCUT2D eigenvalue weighted by molar-refractivity contribution is 0.283. The van der Waals surface area contributed by atoms with E-state index in [1.54, 1.807) is 0 Å². The van der Waals surface area contributed by atoms with Crippen LogP contribution in [-0.2, 0) is 0 Å². The van der Waals surface area contributed by atoms with Crippen LogP contribution in [0.1, 0.15) is 103 Å². The monoisotopic (exact) mass is 343 g/mol.